The number of nitro groups is 1. The number of nitrogens with zero attached hydrogens (tertiary/aromatic N) is 1. The maximum absolute atomic E-state index is 11.1. The first kappa shape index (κ1) is 17.7. The number of Topliss-reactive ketones (excluding diaryl/α,β-unsaturated/α-hetero) is 1. The number of methoxy groups -OCH3 is 1. The smallest absolute Gasteiger partial charge is 0.542 e. The minimum Gasteiger partial charge on any atom is -0.542 e. The summed E-state index contributed by atoms with van der Waals surface area (Å²) in [4.78, 5) is 31.6. The summed E-state index contributed by atoms with van der Waals surface area (Å²) in [6.07, 6.45) is -1.50. The summed E-state index contributed by atoms with van der Waals surface area (Å²) in [7, 11) is 1.24. The van der Waals surface area contributed by atoms with Crippen molar-refractivity contribution < 1.29 is 53.9 Å². The number of nitro benzene ring substituents is 1. The minimum absolute atomic E-state index is 0. The van der Waals surface area contributed by atoms with E-state index in [0.29, 0.717) is 0 Å². The van der Waals surface area contributed by atoms with Crippen molar-refractivity contribution in [1.29, 1.82) is 0 Å². The number of ether oxygens (including phenoxy) is 1. The van der Waals surface area contributed by atoms with Crippen LogP contribution in [0.25, 0.3) is 0 Å². The van der Waals surface area contributed by atoms with Gasteiger partial charge < -0.3 is 14.6 Å². The molecule has 0 amide bonds. The normalized spacial score (nSPS) is 11.2. The van der Waals surface area contributed by atoms with E-state index in [1.165, 1.54) is 31.4 Å². The molecule has 1 aromatic rings. The second-order valence-electron chi connectivity index (χ2n) is 3.46. The van der Waals surface area contributed by atoms with Crippen molar-refractivity contribution in [1.82, 2.24) is 0 Å². The van der Waals surface area contributed by atoms with E-state index in [0.717, 1.165) is 0 Å². The molecule has 0 fully saturated rings. The molecule has 0 saturated carbocycles. The number of carbonyl (C=O) groups excluding carboxylic acids is 2. The zero-order valence-electron chi connectivity index (χ0n) is 10.5. The quantitative estimate of drug-likeness (QED) is 0.237. The predicted molar refractivity (Wildman–Crippen MR) is 57.5 cm³/mol. The molecular weight excluding hydrogens is 265 g/mol. The first-order chi connectivity index (χ1) is 8.47. The van der Waals surface area contributed by atoms with E-state index >= 15 is 0 Å². The van der Waals surface area contributed by atoms with Crippen LogP contribution in [0.2, 0.25) is 0 Å². The summed E-state index contributed by atoms with van der Waals surface area (Å²) in [6, 6.07) is 5.67. The molecule has 96 valence electrons. The number of carbonyl (C=O) groups is 2. The van der Waals surface area contributed by atoms with Crippen LogP contribution in [-0.2, 0) is 14.3 Å². The van der Waals surface area contributed by atoms with E-state index in [-0.39, 0.29) is 40.8 Å². The molecule has 0 radical (unpaired) electrons. The van der Waals surface area contributed by atoms with Gasteiger partial charge in [-0.3, -0.25) is 14.9 Å². The van der Waals surface area contributed by atoms with E-state index in [4.69, 9.17) is 4.74 Å². The number of para-hydroxylation sites is 1. The Hall–Kier alpha value is -1.28. The van der Waals surface area contributed by atoms with Crippen molar-refractivity contribution in [2.75, 3.05) is 7.11 Å². The number of hydrogen-bond donors (Lipinski definition) is 0. The van der Waals surface area contributed by atoms with Crippen molar-refractivity contribution in [3.8, 4) is 0 Å². The molecule has 0 aromatic heterocycles. The maximum Gasteiger partial charge on any atom is 1.00 e. The van der Waals surface area contributed by atoms with Gasteiger partial charge in [-0.05, 0) is 6.07 Å². The molecule has 19 heavy (non-hydrogen) atoms. The molecule has 0 aliphatic carbocycles. The Morgan fingerprint density at radius 3 is 2.42 bits per heavy atom. The summed E-state index contributed by atoms with van der Waals surface area (Å²) in [6.45, 7) is 0. The molecule has 7 nitrogen and oxygen atoms in total. The average Bonchev–Trinajstić information content (AvgIpc) is 2.35. The molecule has 0 N–H and O–H groups in total. The Balaban J connectivity index is 0.00000324. The Kier molecular flexibility index (Phi) is 7.47. The molecule has 0 aliphatic heterocycles. The summed E-state index contributed by atoms with van der Waals surface area (Å²) >= 11 is 0. The number of aliphatic carboxylic acids is 1. The molecule has 0 bridgehead atoms. The molecule has 1 rings (SSSR count). The monoisotopic (exact) mass is 275 g/mol. The molecule has 0 heterocycles. The molecule has 0 aliphatic rings. The van der Waals surface area contributed by atoms with Crippen molar-refractivity contribution in [2.24, 2.45) is 0 Å². The van der Waals surface area contributed by atoms with Crippen molar-refractivity contribution >= 4 is 17.4 Å². The van der Waals surface area contributed by atoms with Gasteiger partial charge in [-0.25, -0.2) is 0 Å². The van der Waals surface area contributed by atoms with Gasteiger partial charge >= 0.3 is 29.6 Å². The summed E-state index contributed by atoms with van der Waals surface area (Å²) in [5.41, 5.74) is -0.0740. The van der Waals surface area contributed by atoms with Gasteiger partial charge in [-0.2, -0.15) is 0 Å². The van der Waals surface area contributed by atoms with Crippen LogP contribution in [-0.4, -0.2) is 23.8 Å². The van der Waals surface area contributed by atoms with Crippen LogP contribution >= 0.6 is 0 Å². The fourth-order valence-corrected chi connectivity index (χ4v) is 1.50. The van der Waals surface area contributed by atoms with Gasteiger partial charge in [0.15, 0.2) is 5.78 Å². The summed E-state index contributed by atoms with van der Waals surface area (Å²) in [5, 5.41) is 21.1. The Labute approximate surface area is 131 Å². The molecule has 1 aromatic carbocycles. The molecular formula is C11H10NNaO6. The standard InChI is InChI=1S/C11H11NO6.Na/c1-18-10(6-9(13)11(14)15)7-4-2-3-5-8(7)12(16)17;/h2-5,10H,6H2,1H3,(H,14,15);/q;+1/p-1. The Bertz CT molecular complexity index is 490. The van der Waals surface area contributed by atoms with Crippen molar-refractivity contribution in [3.05, 3.63) is 39.9 Å². The van der Waals surface area contributed by atoms with Crippen LogP contribution in [0.15, 0.2) is 24.3 Å². The fraction of sp³-hybridized carbons (Fsp3) is 0.273. The third kappa shape index (κ3) is 4.71. The molecule has 0 saturated heterocycles. The topological polar surface area (TPSA) is 110 Å². The van der Waals surface area contributed by atoms with Crippen LogP contribution in [0.5, 0.6) is 0 Å². The molecule has 1 unspecified atom stereocenters. The van der Waals surface area contributed by atoms with Gasteiger partial charge in [0, 0.05) is 19.6 Å². The van der Waals surface area contributed by atoms with Gasteiger partial charge in [0.25, 0.3) is 5.69 Å². The summed E-state index contributed by atoms with van der Waals surface area (Å²) in [5.74, 6) is -3.00. The fourth-order valence-electron chi connectivity index (χ4n) is 1.50. The third-order valence-electron chi connectivity index (χ3n) is 2.36. The first-order valence-electron chi connectivity index (χ1n) is 4.97. The maximum atomic E-state index is 11.1. The van der Waals surface area contributed by atoms with E-state index in [2.05, 4.69) is 0 Å². The minimum atomic E-state index is -1.84. The Morgan fingerprint density at radius 2 is 1.95 bits per heavy atom. The van der Waals surface area contributed by atoms with Gasteiger partial charge in [0.05, 0.1) is 16.6 Å². The second kappa shape index (κ2) is 8.00. The van der Waals surface area contributed by atoms with Crippen LogP contribution in [0.3, 0.4) is 0 Å². The van der Waals surface area contributed by atoms with Crippen LogP contribution in [0.4, 0.5) is 5.69 Å². The zero-order valence-corrected chi connectivity index (χ0v) is 12.5. The number of benzene rings is 1. The predicted octanol–water partition coefficient (Wildman–Crippen LogP) is -3.00. The van der Waals surface area contributed by atoms with Gasteiger partial charge in [-0.1, -0.05) is 12.1 Å². The van der Waals surface area contributed by atoms with Gasteiger partial charge in [0.2, 0.25) is 0 Å². The van der Waals surface area contributed by atoms with Gasteiger partial charge in [-0.15, -0.1) is 0 Å². The van der Waals surface area contributed by atoms with Crippen molar-refractivity contribution in [3.63, 3.8) is 0 Å². The van der Waals surface area contributed by atoms with Gasteiger partial charge in [0.1, 0.15) is 5.97 Å². The zero-order chi connectivity index (χ0) is 13.7. The number of carboxylic acids is 1. The number of ketones is 1. The van der Waals surface area contributed by atoms with E-state index in [9.17, 15) is 24.8 Å². The number of rotatable bonds is 6. The van der Waals surface area contributed by atoms with E-state index < -0.39 is 29.2 Å². The van der Waals surface area contributed by atoms with Crippen LogP contribution in [0, 0.1) is 10.1 Å². The Morgan fingerprint density at radius 1 is 1.37 bits per heavy atom. The number of hydrogen-bond acceptors (Lipinski definition) is 6. The summed E-state index contributed by atoms with van der Waals surface area (Å²) < 4.78 is 4.93. The van der Waals surface area contributed by atoms with Crippen LogP contribution < -0.4 is 34.7 Å². The first-order valence-corrected chi connectivity index (χ1v) is 4.97. The molecule has 1 atom stereocenters. The number of carboxylic acid groups (broad SMARTS) is 1. The largest absolute Gasteiger partial charge is 1.00 e. The third-order valence-corrected chi connectivity index (χ3v) is 2.36. The van der Waals surface area contributed by atoms with Crippen LogP contribution in [0.1, 0.15) is 18.1 Å². The van der Waals surface area contributed by atoms with E-state index in [1.54, 1.807) is 0 Å². The molecule has 8 heteroatoms. The second-order valence-corrected chi connectivity index (χ2v) is 3.46. The van der Waals surface area contributed by atoms with E-state index in [1.807, 2.05) is 0 Å². The average molecular weight is 275 g/mol. The molecule has 0 spiro atoms. The SMILES string of the molecule is COC(CC(=O)C(=O)[O-])c1ccccc1[N+](=O)[O-].[Na+]. The van der Waals surface area contributed by atoms with Crippen molar-refractivity contribution in [2.45, 2.75) is 12.5 Å².